The van der Waals surface area contributed by atoms with Crippen LogP contribution in [0.25, 0.3) is 0 Å². The Bertz CT molecular complexity index is 2540. The molecular weight excluding hydrogens is 1460 g/mol. The maximum atomic E-state index is 13.0. The van der Waals surface area contributed by atoms with E-state index in [9.17, 15) is 43.5 Å². The van der Waals surface area contributed by atoms with Crippen molar-refractivity contribution >= 4 is 33.6 Å². The quantitative estimate of drug-likeness (QED) is 0.0146. The molecule has 0 aromatic heterocycles. The van der Waals surface area contributed by atoms with E-state index in [1.807, 2.05) is 0 Å². The lowest BCUT2D eigenvalue weighted by atomic mass is 10.0. The SMILES string of the molecule is CCCCC/C=C\C/C=C\C/C=C\C/C=C\CCCCCCCCCCCCCCCCCCCC(=O)OCC(O)COP(=O)(O)OCC(O)COP(=O)(O)OCC(COC(=O)CCCCCCCCCCCCCCC/C=C\C/C=C\C/C=C\C/C=C\CCCCC)OC(=O)CCCCCCC/C=C\C/C=C\CCCCC. The van der Waals surface area contributed by atoms with Crippen LogP contribution in [0.1, 0.15) is 406 Å². The first-order valence-corrected chi connectivity index (χ1v) is 48.8. The number of carbonyl (C=O) groups is 3. The molecule has 0 aliphatic carbocycles. The van der Waals surface area contributed by atoms with Gasteiger partial charge in [-0.25, -0.2) is 9.13 Å². The van der Waals surface area contributed by atoms with Crippen molar-refractivity contribution in [2.24, 2.45) is 0 Å². The Morgan fingerprint density at radius 3 is 0.699 bits per heavy atom. The minimum Gasteiger partial charge on any atom is -0.463 e. The van der Waals surface area contributed by atoms with Gasteiger partial charge in [-0.2, -0.15) is 0 Å². The molecule has 5 atom stereocenters. The number of aliphatic hydroxyl groups is 2. The highest BCUT2D eigenvalue weighted by Gasteiger charge is 2.29. The molecule has 4 N–H and O–H groups in total. The smallest absolute Gasteiger partial charge is 0.463 e. The standard InChI is InChI=1S/C95H168O16P2/c1-4-7-10-13-16-19-22-25-28-30-32-34-36-38-40-42-43-44-45-47-49-50-52-54-56-58-61-63-66-69-72-75-78-81-93(98)105-84-90(96)85-107-112(101,102)108-86-91(97)87-109-113(103,104)110-89-92(111-95(100)83-80-77-74-71-68-65-60-27-24-21-18-15-12-9-6-3)88-106-94(99)82-79-76-73-70-67-64-62-59-57-55-53-51-48-46-41-39-37-35-33-31-29-26-23-20-17-14-11-8-5-2/h16-21,25-29,32-35,38-41,60,90-92,96-97H,4-15,22-24,30-31,36-37,42-59,61-89H2,1-3H3,(H,101,102)(H,103,104)/b19-16-,20-17-,21-18-,28-25-,29-26-,34-32-,35-33-,40-38-,41-39-,60-27-. The van der Waals surface area contributed by atoms with Crippen LogP contribution in [0, 0.1) is 0 Å². The van der Waals surface area contributed by atoms with Crippen molar-refractivity contribution in [2.45, 2.75) is 424 Å². The van der Waals surface area contributed by atoms with Crippen LogP contribution in [0.4, 0.5) is 0 Å². The van der Waals surface area contributed by atoms with Gasteiger partial charge >= 0.3 is 33.6 Å². The summed E-state index contributed by atoms with van der Waals surface area (Å²) in [5, 5.41) is 20.7. The molecule has 0 rings (SSSR count). The molecule has 0 fully saturated rings. The number of phosphoric acid groups is 2. The Hall–Kier alpha value is -4.05. The van der Waals surface area contributed by atoms with E-state index >= 15 is 0 Å². The number of aliphatic hydroxyl groups excluding tert-OH is 2. The van der Waals surface area contributed by atoms with Crippen molar-refractivity contribution in [3.8, 4) is 0 Å². The summed E-state index contributed by atoms with van der Waals surface area (Å²) in [7, 11) is -9.80. The van der Waals surface area contributed by atoms with Crippen LogP contribution in [0.15, 0.2) is 122 Å². The van der Waals surface area contributed by atoms with Crippen LogP contribution in [0.2, 0.25) is 0 Å². The van der Waals surface area contributed by atoms with Crippen LogP contribution >= 0.6 is 15.6 Å². The molecule has 18 heteroatoms. The molecule has 654 valence electrons. The number of hydrogen-bond donors (Lipinski definition) is 4. The molecule has 0 radical (unpaired) electrons. The summed E-state index contributed by atoms with van der Waals surface area (Å²) < 4.78 is 61.4. The summed E-state index contributed by atoms with van der Waals surface area (Å²) in [6, 6.07) is 0. The van der Waals surface area contributed by atoms with Gasteiger partial charge in [-0.1, -0.05) is 367 Å². The van der Waals surface area contributed by atoms with Gasteiger partial charge < -0.3 is 34.2 Å². The van der Waals surface area contributed by atoms with Gasteiger partial charge in [0.25, 0.3) is 0 Å². The van der Waals surface area contributed by atoms with E-state index in [1.165, 1.54) is 218 Å². The van der Waals surface area contributed by atoms with Gasteiger partial charge in [0.2, 0.25) is 0 Å². The van der Waals surface area contributed by atoms with Gasteiger partial charge in [0.15, 0.2) is 6.10 Å². The monoisotopic (exact) mass is 1630 g/mol. The van der Waals surface area contributed by atoms with Gasteiger partial charge in [0.1, 0.15) is 25.4 Å². The number of allylic oxidation sites excluding steroid dienone is 20. The van der Waals surface area contributed by atoms with E-state index in [-0.39, 0.29) is 19.3 Å². The van der Waals surface area contributed by atoms with Crippen LogP contribution in [-0.2, 0) is 55.8 Å². The Balaban J connectivity index is 4.45. The molecule has 0 heterocycles. The number of ether oxygens (including phenoxy) is 3. The molecule has 0 aromatic carbocycles. The predicted octanol–water partition coefficient (Wildman–Crippen LogP) is 28.0. The van der Waals surface area contributed by atoms with Gasteiger partial charge in [0, 0.05) is 19.3 Å². The first kappa shape index (κ1) is 109. The highest BCUT2D eigenvalue weighted by Crippen LogP contribution is 2.45. The maximum Gasteiger partial charge on any atom is 0.472 e. The molecule has 0 saturated heterocycles. The van der Waals surface area contributed by atoms with E-state index in [1.54, 1.807) is 0 Å². The average molecular weight is 1630 g/mol. The van der Waals surface area contributed by atoms with Crippen LogP contribution in [0.3, 0.4) is 0 Å². The van der Waals surface area contributed by atoms with E-state index in [2.05, 4.69) is 142 Å². The van der Waals surface area contributed by atoms with Gasteiger partial charge in [0.05, 0.1) is 26.4 Å². The van der Waals surface area contributed by atoms with E-state index in [0.29, 0.717) is 19.3 Å². The second kappa shape index (κ2) is 87.3. The minimum atomic E-state index is -4.94. The third-order valence-electron chi connectivity index (χ3n) is 19.6. The largest absolute Gasteiger partial charge is 0.472 e. The van der Waals surface area contributed by atoms with Crippen LogP contribution < -0.4 is 0 Å². The van der Waals surface area contributed by atoms with E-state index < -0.39 is 91.5 Å². The molecule has 113 heavy (non-hydrogen) atoms. The Labute approximate surface area is 691 Å². The topological polar surface area (TPSA) is 231 Å². The highest BCUT2D eigenvalue weighted by atomic mass is 31.2. The molecule has 0 saturated carbocycles. The van der Waals surface area contributed by atoms with Crippen molar-refractivity contribution in [1.82, 2.24) is 0 Å². The Morgan fingerprint density at radius 2 is 0.442 bits per heavy atom. The number of phosphoric ester groups is 2. The van der Waals surface area contributed by atoms with Gasteiger partial charge in [-0.05, 0) is 141 Å². The zero-order valence-corrected chi connectivity index (χ0v) is 73.8. The summed E-state index contributed by atoms with van der Waals surface area (Å²) in [6.07, 6.45) is 107. The van der Waals surface area contributed by atoms with Crippen LogP contribution in [0.5, 0.6) is 0 Å². The number of carbonyl (C=O) groups excluding carboxylic acids is 3. The summed E-state index contributed by atoms with van der Waals surface area (Å²) in [6.45, 7) is 2.64. The van der Waals surface area contributed by atoms with E-state index in [4.69, 9.17) is 32.3 Å². The predicted molar refractivity (Wildman–Crippen MR) is 473 cm³/mol. The summed E-state index contributed by atoms with van der Waals surface area (Å²) in [5.74, 6) is -1.58. The summed E-state index contributed by atoms with van der Waals surface area (Å²) in [4.78, 5) is 58.9. The number of rotatable bonds is 87. The third-order valence-corrected chi connectivity index (χ3v) is 21.5. The molecule has 0 aliphatic heterocycles. The average Bonchev–Trinajstić information content (AvgIpc) is 0.903. The van der Waals surface area contributed by atoms with Crippen molar-refractivity contribution < 1.29 is 75.8 Å². The molecule has 0 aromatic rings. The first-order chi connectivity index (χ1) is 55.2. The highest BCUT2D eigenvalue weighted by molar-refractivity contribution is 7.47. The van der Waals surface area contributed by atoms with Crippen LogP contribution in [-0.4, -0.2) is 95.9 Å². The lowest BCUT2D eigenvalue weighted by molar-refractivity contribution is -0.161. The second-order valence-corrected chi connectivity index (χ2v) is 33.7. The molecule has 5 unspecified atom stereocenters. The summed E-state index contributed by atoms with van der Waals surface area (Å²) in [5.41, 5.74) is 0. The minimum absolute atomic E-state index is 0.0885. The molecule has 0 amide bonds. The Kier molecular flexibility index (Phi) is 84.1. The zero-order valence-electron chi connectivity index (χ0n) is 72.0. The number of hydrogen-bond acceptors (Lipinski definition) is 14. The maximum absolute atomic E-state index is 13.0. The molecule has 0 aliphatic rings. The summed E-state index contributed by atoms with van der Waals surface area (Å²) >= 11 is 0. The van der Waals surface area contributed by atoms with E-state index in [0.717, 1.165) is 128 Å². The van der Waals surface area contributed by atoms with Gasteiger partial charge in [-0.15, -0.1) is 0 Å². The van der Waals surface area contributed by atoms with Crippen molar-refractivity contribution in [3.05, 3.63) is 122 Å². The molecule has 0 bridgehead atoms. The molecule has 16 nitrogen and oxygen atoms in total. The lowest BCUT2D eigenvalue weighted by Crippen LogP contribution is -2.30. The lowest BCUT2D eigenvalue weighted by Gasteiger charge is -2.21. The normalized spacial score (nSPS) is 14.4. The van der Waals surface area contributed by atoms with Crippen molar-refractivity contribution in [1.29, 1.82) is 0 Å². The third kappa shape index (κ3) is 88.6. The Morgan fingerprint density at radius 1 is 0.248 bits per heavy atom. The fourth-order valence-electron chi connectivity index (χ4n) is 12.6. The number of esters is 3. The first-order valence-electron chi connectivity index (χ1n) is 45.8. The van der Waals surface area contributed by atoms with Crippen molar-refractivity contribution in [3.63, 3.8) is 0 Å². The molecular formula is C95H168O16P2. The zero-order chi connectivity index (χ0) is 82.2. The fraction of sp³-hybridized carbons (Fsp3) is 0.758. The fourth-order valence-corrected chi connectivity index (χ4v) is 14.2. The van der Waals surface area contributed by atoms with Gasteiger partial charge in [-0.3, -0.25) is 32.5 Å². The number of unbranched alkanes of at least 4 members (excludes halogenated alkanes) is 44. The molecule has 0 spiro atoms. The van der Waals surface area contributed by atoms with Crippen molar-refractivity contribution in [2.75, 3.05) is 39.6 Å². The second-order valence-electron chi connectivity index (χ2n) is 30.7.